The SMILES string of the molecule is CC(=O)c1c(F)c(F)c(C)c(F)c1C(=O)NC(=O)C(C)C1CCCCC1. The zero-order chi connectivity index (χ0) is 19.6. The van der Waals surface area contributed by atoms with Gasteiger partial charge in [-0.2, -0.15) is 0 Å². The van der Waals surface area contributed by atoms with Crippen LogP contribution in [0.15, 0.2) is 0 Å². The second-order valence-corrected chi connectivity index (χ2v) is 6.88. The molecule has 1 aromatic rings. The van der Waals surface area contributed by atoms with Crippen molar-refractivity contribution in [3.63, 3.8) is 0 Å². The van der Waals surface area contributed by atoms with Crippen molar-refractivity contribution >= 4 is 17.6 Å². The molecule has 1 saturated carbocycles. The Kier molecular flexibility index (Phi) is 6.21. The van der Waals surface area contributed by atoms with E-state index in [0.29, 0.717) is 0 Å². The van der Waals surface area contributed by atoms with E-state index in [4.69, 9.17) is 0 Å². The van der Waals surface area contributed by atoms with E-state index in [-0.39, 0.29) is 5.92 Å². The average Bonchev–Trinajstić information content (AvgIpc) is 2.62. The van der Waals surface area contributed by atoms with Crippen LogP contribution in [-0.2, 0) is 4.79 Å². The summed E-state index contributed by atoms with van der Waals surface area (Å²) in [6.45, 7) is 3.54. The quantitative estimate of drug-likeness (QED) is 0.642. The topological polar surface area (TPSA) is 63.2 Å². The number of ketones is 1. The molecular weight excluding hydrogens is 347 g/mol. The van der Waals surface area contributed by atoms with Gasteiger partial charge in [0.2, 0.25) is 5.91 Å². The highest BCUT2D eigenvalue weighted by Crippen LogP contribution is 2.30. The molecule has 2 rings (SSSR count). The average molecular weight is 369 g/mol. The molecule has 7 heteroatoms. The standard InChI is InChI=1S/C19H22F3NO3/c1-9(12-7-5-4-6-8-12)18(25)23-19(26)14-13(11(3)24)17(22)16(21)10(2)15(14)20/h9,12H,4-8H2,1-3H3,(H,23,25,26). The molecule has 0 bridgehead atoms. The smallest absolute Gasteiger partial charge is 0.261 e. The highest BCUT2D eigenvalue weighted by atomic mass is 19.2. The highest BCUT2D eigenvalue weighted by Gasteiger charge is 2.32. The van der Waals surface area contributed by atoms with Gasteiger partial charge in [-0.15, -0.1) is 0 Å². The number of hydrogen-bond acceptors (Lipinski definition) is 3. The van der Waals surface area contributed by atoms with Gasteiger partial charge in [-0.05, 0) is 32.6 Å². The third-order valence-corrected chi connectivity index (χ3v) is 5.13. The van der Waals surface area contributed by atoms with Crippen LogP contribution in [0.2, 0.25) is 0 Å². The fourth-order valence-electron chi connectivity index (χ4n) is 3.46. The number of hydrogen-bond donors (Lipinski definition) is 1. The lowest BCUT2D eigenvalue weighted by atomic mass is 9.80. The summed E-state index contributed by atoms with van der Waals surface area (Å²) < 4.78 is 42.2. The maximum absolute atomic E-state index is 14.4. The van der Waals surface area contributed by atoms with Crippen molar-refractivity contribution in [2.75, 3.05) is 0 Å². The van der Waals surface area contributed by atoms with E-state index >= 15 is 0 Å². The number of halogens is 3. The molecule has 142 valence electrons. The van der Waals surface area contributed by atoms with Crippen LogP contribution in [0.5, 0.6) is 0 Å². The number of carbonyl (C=O) groups excluding carboxylic acids is 3. The summed E-state index contributed by atoms with van der Waals surface area (Å²) in [4.78, 5) is 36.4. The summed E-state index contributed by atoms with van der Waals surface area (Å²) in [5.41, 5.74) is -2.63. The number of carbonyl (C=O) groups is 3. The summed E-state index contributed by atoms with van der Waals surface area (Å²) in [6.07, 6.45) is 4.83. The molecule has 26 heavy (non-hydrogen) atoms. The summed E-state index contributed by atoms with van der Waals surface area (Å²) in [5, 5.41) is 2.04. The number of benzene rings is 1. The van der Waals surface area contributed by atoms with Gasteiger partial charge in [0.05, 0.1) is 11.1 Å². The molecule has 4 nitrogen and oxygen atoms in total. The lowest BCUT2D eigenvalue weighted by Gasteiger charge is -2.26. The van der Waals surface area contributed by atoms with Crippen molar-refractivity contribution in [2.45, 2.75) is 52.9 Å². The van der Waals surface area contributed by atoms with E-state index < -0.39 is 57.7 Å². The molecule has 1 atom stereocenters. The van der Waals surface area contributed by atoms with E-state index in [0.717, 1.165) is 46.0 Å². The molecular formula is C19H22F3NO3. The molecule has 1 aliphatic carbocycles. The molecule has 0 heterocycles. The van der Waals surface area contributed by atoms with E-state index in [2.05, 4.69) is 0 Å². The maximum atomic E-state index is 14.4. The van der Waals surface area contributed by atoms with Crippen LogP contribution in [0.4, 0.5) is 13.2 Å². The van der Waals surface area contributed by atoms with Gasteiger partial charge in [-0.3, -0.25) is 19.7 Å². The number of rotatable bonds is 4. The predicted octanol–water partition coefficient (Wildman–Crippen LogP) is 4.09. The zero-order valence-corrected chi connectivity index (χ0v) is 15.0. The zero-order valence-electron chi connectivity index (χ0n) is 15.0. The van der Waals surface area contributed by atoms with Crippen LogP contribution >= 0.6 is 0 Å². The summed E-state index contributed by atoms with van der Waals surface area (Å²) in [6, 6.07) is 0. The van der Waals surface area contributed by atoms with Crippen LogP contribution < -0.4 is 5.32 Å². The van der Waals surface area contributed by atoms with Gasteiger partial charge < -0.3 is 0 Å². The Morgan fingerprint density at radius 2 is 1.54 bits per heavy atom. The Morgan fingerprint density at radius 3 is 2.08 bits per heavy atom. The normalized spacial score (nSPS) is 16.2. The molecule has 0 radical (unpaired) electrons. The van der Waals surface area contributed by atoms with Gasteiger partial charge in [0, 0.05) is 11.5 Å². The molecule has 2 amide bonds. The van der Waals surface area contributed by atoms with E-state index in [1.807, 2.05) is 5.32 Å². The van der Waals surface area contributed by atoms with E-state index in [1.165, 1.54) is 0 Å². The molecule has 0 aliphatic heterocycles. The Hall–Kier alpha value is -2.18. The fraction of sp³-hybridized carbons (Fsp3) is 0.526. The van der Waals surface area contributed by atoms with Gasteiger partial charge in [-0.1, -0.05) is 26.2 Å². The number of amides is 2. The van der Waals surface area contributed by atoms with Crippen LogP contribution in [0, 0.1) is 36.2 Å². The first-order valence-electron chi connectivity index (χ1n) is 8.70. The summed E-state index contributed by atoms with van der Waals surface area (Å²) >= 11 is 0. The molecule has 1 fully saturated rings. The lowest BCUT2D eigenvalue weighted by molar-refractivity contribution is -0.125. The summed E-state index contributed by atoms with van der Waals surface area (Å²) in [7, 11) is 0. The Bertz CT molecular complexity index is 755. The Balaban J connectivity index is 2.32. The van der Waals surface area contributed by atoms with Crippen molar-refractivity contribution in [3.05, 3.63) is 34.1 Å². The van der Waals surface area contributed by atoms with Crippen LogP contribution in [0.1, 0.15) is 72.2 Å². The molecule has 1 unspecified atom stereocenters. The largest absolute Gasteiger partial charge is 0.294 e. The van der Waals surface area contributed by atoms with Crippen molar-refractivity contribution in [2.24, 2.45) is 11.8 Å². The van der Waals surface area contributed by atoms with E-state index in [9.17, 15) is 27.6 Å². The van der Waals surface area contributed by atoms with Crippen LogP contribution in [0.3, 0.4) is 0 Å². The van der Waals surface area contributed by atoms with Crippen molar-refractivity contribution < 1.29 is 27.6 Å². The Labute approximate surface area is 150 Å². The van der Waals surface area contributed by atoms with Crippen LogP contribution in [0.25, 0.3) is 0 Å². The molecule has 0 spiro atoms. The monoisotopic (exact) mass is 369 g/mol. The third-order valence-electron chi connectivity index (χ3n) is 5.13. The number of imide groups is 1. The fourth-order valence-corrected chi connectivity index (χ4v) is 3.46. The molecule has 0 saturated heterocycles. The predicted molar refractivity (Wildman–Crippen MR) is 89.3 cm³/mol. The van der Waals surface area contributed by atoms with Gasteiger partial charge in [-0.25, -0.2) is 13.2 Å². The minimum Gasteiger partial charge on any atom is -0.294 e. The van der Waals surface area contributed by atoms with Gasteiger partial charge >= 0.3 is 0 Å². The van der Waals surface area contributed by atoms with Crippen molar-refractivity contribution in [3.8, 4) is 0 Å². The lowest BCUT2D eigenvalue weighted by Crippen LogP contribution is -2.39. The van der Waals surface area contributed by atoms with Crippen molar-refractivity contribution in [1.29, 1.82) is 0 Å². The molecule has 1 aliphatic rings. The first kappa shape index (κ1) is 20.1. The first-order chi connectivity index (χ1) is 12.2. The minimum atomic E-state index is -1.59. The molecule has 1 N–H and O–H groups in total. The first-order valence-corrected chi connectivity index (χ1v) is 8.70. The second kappa shape index (κ2) is 8.01. The van der Waals surface area contributed by atoms with Crippen molar-refractivity contribution in [1.82, 2.24) is 5.32 Å². The molecule has 1 aromatic carbocycles. The number of nitrogens with one attached hydrogen (secondary N) is 1. The second-order valence-electron chi connectivity index (χ2n) is 6.88. The summed E-state index contributed by atoms with van der Waals surface area (Å²) in [5.74, 6) is -7.67. The van der Waals surface area contributed by atoms with Gasteiger partial charge in [0.25, 0.3) is 5.91 Å². The molecule has 0 aromatic heterocycles. The number of Topliss-reactive ketones (excluding diaryl/α,β-unsaturated/α-hetero) is 1. The third kappa shape index (κ3) is 3.81. The van der Waals surface area contributed by atoms with Crippen LogP contribution in [-0.4, -0.2) is 17.6 Å². The minimum absolute atomic E-state index is 0.111. The van der Waals surface area contributed by atoms with Gasteiger partial charge in [0.1, 0.15) is 5.82 Å². The Morgan fingerprint density at radius 1 is 0.962 bits per heavy atom. The van der Waals surface area contributed by atoms with Gasteiger partial charge in [0.15, 0.2) is 17.4 Å². The highest BCUT2D eigenvalue weighted by molar-refractivity contribution is 6.12. The van der Waals surface area contributed by atoms with E-state index in [1.54, 1.807) is 6.92 Å². The maximum Gasteiger partial charge on any atom is 0.261 e.